The first-order chi connectivity index (χ1) is 10.9. The minimum Gasteiger partial charge on any atom is -0.319 e. The Bertz CT molecular complexity index is 891. The number of imide groups is 1. The van der Waals surface area contributed by atoms with Crippen molar-refractivity contribution in [2.45, 2.75) is 26.7 Å². The number of benzene rings is 1. The third-order valence-corrected chi connectivity index (χ3v) is 5.25. The lowest BCUT2D eigenvalue weighted by Crippen LogP contribution is -2.34. The van der Waals surface area contributed by atoms with Gasteiger partial charge in [-0.15, -0.1) is 0 Å². The van der Waals surface area contributed by atoms with Gasteiger partial charge in [-0.1, -0.05) is 17.4 Å². The molecule has 0 spiro atoms. The summed E-state index contributed by atoms with van der Waals surface area (Å²) in [4.78, 5) is 40.9. The smallest absolute Gasteiger partial charge is 0.268 e. The maximum Gasteiger partial charge on any atom is 0.268 e. The van der Waals surface area contributed by atoms with E-state index in [2.05, 4.69) is 4.99 Å². The molecule has 0 bridgehead atoms. The van der Waals surface area contributed by atoms with Crippen molar-refractivity contribution in [3.8, 4) is 0 Å². The highest BCUT2D eigenvalue weighted by molar-refractivity contribution is 7.16. The van der Waals surface area contributed by atoms with Crippen LogP contribution in [0, 0.1) is 13.8 Å². The Morgan fingerprint density at radius 2 is 1.87 bits per heavy atom. The van der Waals surface area contributed by atoms with Crippen molar-refractivity contribution >= 4 is 39.3 Å². The quantitative estimate of drug-likeness (QED) is 0.782. The van der Waals surface area contributed by atoms with Gasteiger partial charge in [0.1, 0.15) is 6.54 Å². The fourth-order valence-corrected chi connectivity index (χ4v) is 3.81. The predicted octanol–water partition coefficient (Wildman–Crippen LogP) is 1.43. The molecule has 120 valence electrons. The number of fused-ring (bicyclic) bond motifs is 1. The van der Waals surface area contributed by atoms with E-state index in [0.717, 1.165) is 20.7 Å². The average molecular weight is 331 g/mol. The van der Waals surface area contributed by atoms with Crippen LogP contribution in [0.25, 0.3) is 10.2 Å². The Kier molecular flexibility index (Phi) is 3.89. The zero-order chi connectivity index (χ0) is 16.7. The van der Waals surface area contributed by atoms with Gasteiger partial charge in [0, 0.05) is 19.9 Å². The summed E-state index contributed by atoms with van der Waals surface area (Å²) >= 11 is 1.42. The number of carbonyl (C=O) groups is 3. The van der Waals surface area contributed by atoms with Crippen molar-refractivity contribution in [3.63, 3.8) is 0 Å². The first kappa shape index (κ1) is 15.6. The van der Waals surface area contributed by atoms with Gasteiger partial charge in [-0.05, 0) is 31.0 Å². The van der Waals surface area contributed by atoms with Gasteiger partial charge in [0.2, 0.25) is 11.8 Å². The van der Waals surface area contributed by atoms with Crippen molar-refractivity contribution < 1.29 is 14.4 Å². The molecule has 0 saturated carbocycles. The summed E-state index contributed by atoms with van der Waals surface area (Å²) in [6, 6.07) is 4.06. The van der Waals surface area contributed by atoms with Crippen molar-refractivity contribution in [2.75, 3.05) is 6.54 Å². The van der Waals surface area contributed by atoms with Crippen molar-refractivity contribution in [1.82, 2.24) is 9.47 Å². The van der Waals surface area contributed by atoms with Gasteiger partial charge < -0.3 is 4.57 Å². The molecule has 1 aromatic heterocycles. The number of likely N-dealkylation sites (tertiary alicyclic amines) is 1. The van der Waals surface area contributed by atoms with E-state index in [1.165, 1.54) is 16.9 Å². The van der Waals surface area contributed by atoms with Crippen LogP contribution in [0.15, 0.2) is 17.1 Å². The summed E-state index contributed by atoms with van der Waals surface area (Å²) < 4.78 is 2.93. The molecule has 1 aliphatic heterocycles. The number of carbonyl (C=O) groups excluding carboxylic acids is 3. The molecule has 0 N–H and O–H groups in total. The minimum absolute atomic E-state index is 0.182. The fourth-order valence-electron chi connectivity index (χ4n) is 2.71. The second-order valence-corrected chi connectivity index (χ2v) is 6.69. The normalized spacial score (nSPS) is 16.0. The zero-order valence-electron chi connectivity index (χ0n) is 13.3. The molecule has 1 saturated heterocycles. The molecule has 1 aliphatic rings. The topological polar surface area (TPSA) is 71.7 Å². The lowest BCUT2D eigenvalue weighted by atomic mass is 10.1. The first-order valence-electron chi connectivity index (χ1n) is 7.35. The maximum absolute atomic E-state index is 12.1. The average Bonchev–Trinajstić information content (AvgIpc) is 2.98. The van der Waals surface area contributed by atoms with Crippen LogP contribution in [0.4, 0.5) is 0 Å². The summed E-state index contributed by atoms with van der Waals surface area (Å²) in [5, 5.41) is 0. The summed E-state index contributed by atoms with van der Waals surface area (Å²) in [6.07, 6.45) is 0.364. The summed E-state index contributed by atoms with van der Waals surface area (Å²) in [5.74, 6) is -1.08. The Labute approximate surface area is 137 Å². The molecule has 1 aromatic carbocycles. The van der Waals surface area contributed by atoms with Crippen LogP contribution in [0.3, 0.4) is 0 Å². The highest BCUT2D eigenvalue weighted by Gasteiger charge is 2.30. The van der Waals surface area contributed by atoms with Gasteiger partial charge in [0.15, 0.2) is 4.80 Å². The largest absolute Gasteiger partial charge is 0.319 e. The number of nitrogens with zero attached hydrogens (tertiary/aromatic N) is 3. The lowest BCUT2D eigenvalue weighted by molar-refractivity contribution is -0.141. The molecule has 1 fully saturated rings. The number of hydrogen-bond donors (Lipinski definition) is 0. The monoisotopic (exact) mass is 331 g/mol. The van der Waals surface area contributed by atoms with Gasteiger partial charge in [-0.3, -0.25) is 19.3 Å². The number of rotatable bonds is 2. The Hall–Kier alpha value is -2.28. The standard InChI is InChI=1S/C16H17N3O3S/c1-9-4-5-11-15(10(9)2)18(3)16(23-11)17-12(20)8-19-13(21)6-7-14(19)22/h4-5H,6-8H2,1-3H3. The van der Waals surface area contributed by atoms with Crippen molar-refractivity contribution in [1.29, 1.82) is 0 Å². The SMILES string of the molecule is Cc1ccc2sc(=NC(=O)CN3C(=O)CCC3=O)n(C)c2c1C. The Balaban J connectivity index is 1.96. The van der Waals surface area contributed by atoms with Crippen LogP contribution in [0.5, 0.6) is 0 Å². The molecule has 0 unspecified atom stereocenters. The lowest BCUT2D eigenvalue weighted by Gasteiger charge is -2.09. The molecule has 2 heterocycles. The van der Waals surface area contributed by atoms with E-state index in [-0.39, 0.29) is 31.2 Å². The molecule has 3 amide bonds. The maximum atomic E-state index is 12.1. The summed E-state index contributed by atoms with van der Waals surface area (Å²) in [7, 11) is 1.86. The highest BCUT2D eigenvalue weighted by atomic mass is 32.1. The van der Waals surface area contributed by atoms with Crippen LogP contribution in [-0.4, -0.2) is 33.7 Å². The van der Waals surface area contributed by atoms with E-state index in [4.69, 9.17) is 0 Å². The first-order valence-corrected chi connectivity index (χ1v) is 8.16. The van der Waals surface area contributed by atoms with E-state index < -0.39 is 5.91 Å². The Morgan fingerprint density at radius 1 is 1.22 bits per heavy atom. The fraction of sp³-hybridized carbons (Fsp3) is 0.375. The van der Waals surface area contributed by atoms with Gasteiger partial charge >= 0.3 is 0 Å². The molecule has 3 rings (SSSR count). The number of aryl methyl sites for hydroxylation is 3. The van der Waals surface area contributed by atoms with E-state index in [9.17, 15) is 14.4 Å². The van der Waals surface area contributed by atoms with Crippen LogP contribution in [0.2, 0.25) is 0 Å². The molecular formula is C16H17N3O3S. The van der Waals surface area contributed by atoms with E-state index >= 15 is 0 Å². The molecule has 0 radical (unpaired) electrons. The van der Waals surface area contributed by atoms with Crippen LogP contribution in [-0.2, 0) is 21.4 Å². The number of aromatic nitrogens is 1. The third kappa shape index (κ3) is 2.72. The van der Waals surface area contributed by atoms with Gasteiger partial charge in [0.05, 0.1) is 10.2 Å². The molecule has 23 heavy (non-hydrogen) atoms. The van der Waals surface area contributed by atoms with Gasteiger partial charge in [0.25, 0.3) is 5.91 Å². The highest BCUT2D eigenvalue weighted by Crippen LogP contribution is 2.23. The molecule has 7 heteroatoms. The number of amides is 3. The number of hydrogen-bond acceptors (Lipinski definition) is 4. The van der Waals surface area contributed by atoms with E-state index in [0.29, 0.717) is 4.80 Å². The number of thiazole rings is 1. The second-order valence-electron chi connectivity index (χ2n) is 5.68. The minimum atomic E-state index is -0.481. The summed E-state index contributed by atoms with van der Waals surface area (Å²) in [6.45, 7) is 3.81. The van der Waals surface area contributed by atoms with Gasteiger partial charge in [-0.2, -0.15) is 4.99 Å². The van der Waals surface area contributed by atoms with Crippen LogP contribution >= 0.6 is 11.3 Å². The molecular weight excluding hydrogens is 314 g/mol. The second kappa shape index (κ2) is 5.73. The zero-order valence-corrected chi connectivity index (χ0v) is 14.1. The molecule has 2 aromatic rings. The predicted molar refractivity (Wildman–Crippen MR) is 86.8 cm³/mol. The van der Waals surface area contributed by atoms with Crippen molar-refractivity contribution in [3.05, 3.63) is 28.1 Å². The van der Waals surface area contributed by atoms with E-state index in [1.807, 2.05) is 37.6 Å². The summed E-state index contributed by atoms with van der Waals surface area (Å²) in [5.41, 5.74) is 3.38. The molecule has 0 atom stereocenters. The van der Waals surface area contributed by atoms with Gasteiger partial charge in [-0.25, -0.2) is 0 Å². The van der Waals surface area contributed by atoms with Crippen LogP contribution in [0.1, 0.15) is 24.0 Å². The molecule has 6 nitrogen and oxygen atoms in total. The van der Waals surface area contributed by atoms with E-state index in [1.54, 1.807) is 0 Å². The third-order valence-electron chi connectivity index (χ3n) is 4.16. The van der Waals surface area contributed by atoms with Crippen LogP contribution < -0.4 is 4.80 Å². The molecule has 0 aliphatic carbocycles. The van der Waals surface area contributed by atoms with Crippen molar-refractivity contribution in [2.24, 2.45) is 12.0 Å². The Morgan fingerprint density at radius 3 is 2.52 bits per heavy atom.